The Morgan fingerprint density at radius 3 is 2.58 bits per heavy atom. The standard InChI is InChI=1S/C20H26N4O2/c1-20(2,3)19-22-11-14(12-23-19)18(25)24-16-9-13-7-5-6-8-21-15(13)10-17(16)26-4/h9-12,21H,5-8H2,1-4H3,(H,24,25). The van der Waals surface area contributed by atoms with Gasteiger partial charge in [0, 0.05) is 36.1 Å². The third-order valence-corrected chi connectivity index (χ3v) is 4.45. The summed E-state index contributed by atoms with van der Waals surface area (Å²) in [5.74, 6) is 1.10. The van der Waals surface area contributed by atoms with E-state index in [0.717, 1.165) is 31.5 Å². The fourth-order valence-corrected chi connectivity index (χ4v) is 2.95. The fraction of sp³-hybridized carbons (Fsp3) is 0.450. The number of amides is 1. The molecule has 0 aliphatic carbocycles. The van der Waals surface area contributed by atoms with Crippen LogP contribution in [0.1, 0.15) is 55.4 Å². The second kappa shape index (κ2) is 7.32. The number of fused-ring (bicyclic) bond motifs is 1. The summed E-state index contributed by atoms with van der Waals surface area (Å²) >= 11 is 0. The van der Waals surface area contributed by atoms with E-state index in [-0.39, 0.29) is 11.3 Å². The lowest BCUT2D eigenvalue weighted by atomic mass is 9.96. The van der Waals surface area contributed by atoms with Crippen molar-refractivity contribution in [1.82, 2.24) is 9.97 Å². The van der Waals surface area contributed by atoms with Gasteiger partial charge in [-0.3, -0.25) is 4.79 Å². The molecule has 6 nitrogen and oxygen atoms in total. The van der Waals surface area contributed by atoms with Crippen LogP contribution in [0.2, 0.25) is 0 Å². The number of benzene rings is 1. The number of ether oxygens (including phenoxy) is 1. The van der Waals surface area contributed by atoms with Crippen LogP contribution in [0.3, 0.4) is 0 Å². The van der Waals surface area contributed by atoms with Crippen molar-refractivity contribution >= 4 is 17.3 Å². The second-order valence-electron chi connectivity index (χ2n) is 7.59. The molecule has 0 spiro atoms. The summed E-state index contributed by atoms with van der Waals surface area (Å²) in [7, 11) is 1.61. The summed E-state index contributed by atoms with van der Waals surface area (Å²) in [6.07, 6.45) is 6.39. The van der Waals surface area contributed by atoms with E-state index < -0.39 is 0 Å². The molecule has 1 aliphatic rings. The Bertz CT molecular complexity index is 795. The lowest BCUT2D eigenvalue weighted by Crippen LogP contribution is -2.18. The minimum Gasteiger partial charge on any atom is -0.494 e. The van der Waals surface area contributed by atoms with Gasteiger partial charge in [0.1, 0.15) is 11.6 Å². The highest BCUT2D eigenvalue weighted by Gasteiger charge is 2.19. The number of carbonyl (C=O) groups is 1. The molecule has 26 heavy (non-hydrogen) atoms. The number of aromatic nitrogens is 2. The van der Waals surface area contributed by atoms with Crippen LogP contribution in [-0.2, 0) is 11.8 Å². The van der Waals surface area contributed by atoms with Gasteiger partial charge in [0.25, 0.3) is 5.91 Å². The van der Waals surface area contributed by atoms with E-state index in [4.69, 9.17) is 4.74 Å². The van der Waals surface area contributed by atoms with Crippen molar-refractivity contribution in [2.75, 3.05) is 24.3 Å². The van der Waals surface area contributed by atoms with E-state index in [9.17, 15) is 4.79 Å². The zero-order valence-electron chi connectivity index (χ0n) is 15.8. The van der Waals surface area contributed by atoms with E-state index in [0.29, 0.717) is 22.8 Å². The molecule has 0 bridgehead atoms. The zero-order valence-corrected chi connectivity index (χ0v) is 15.8. The highest BCUT2D eigenvalue weighted by molar-refractivity contribution is 6.04. The first kappa shape index (κ1) is 18.2. The van der Waals surface area contributed by atoms with Gasteiger partial charge in [-0.2, -0.15) is 0 Å². The normalized spacial score (nSPS) is 14.0. The van der Waals surface area contributed by atoms with E-state index in [2.05, 4.69) is 20.6 Å². The van der Waals surface area contributed by atoms with E-state index in [1.54, 1.807) is 19.5 Å². The number of methoxy groups -OCH3 is 1. The molecule has 0 saturated heterocycles. The third-order valence-electron chi connectivity index (χ3n) is 4.45. The van der Waals surface area contributed by atoms with Crippen LogP contribution in [0.25, 0.3) is 0 Å². The Balaban J connectivity index is 1.83. The molecule has 6 heteroatoms. The highest BCUT2D eigenvalue weighted by atomic mass is 16.5. The van der Waals surface area contributed by atoms with Gasteiger partial charge in [0.05, 0.1) is 18.4 Å². The number of aryl methyl sites for hydroxylation is 1. The molecule has 0 unspecified atom stereocenters. The predicted molar refractivity (Wildman–Crippen MR) is 103 cm³/mol. The van der Waals surface area contributed by atoms with Crippen LogP contribution in [-0.4, -0.2) is 29.5 Å². The largest absolute Gasteiger partial charge is 0.494 e. The van der Waals surface area contributed by atoms with Crippen molar-refractivity contribution in [1.29, 1.82) is 0 Å². The number of hydrogen-bond donors (Lipinski definition) is 2. The van der Waals surface area contributed by atoms with Crippen LogP contribution in [0, 0.1) is 0 Å². The first-order valence-corrected chi connectivity index (χ1v) is 8.97. The number of carbonyl (C=O) groups excluding carboxylic acids is 1. The van der Waals surface area contributed by atoms with Gasteiger partial charge in [-0.15, -0.1) is 0 Å². The summed E-state index contributed by atoms with van der Waals surface area (Å²) in [5, 5.41) is 6.35. The molecule has 0 radical (unpaired) electrons. The quantitative estimate of drug-likeness (QED) is 0.877. The molecule has 0 atom stereocenters. The van der Waals surface area contributed by atoms with Gasteiger partial charge in [0.2, 0.25) is 0 Å². The molecule has 0 saturated carbocycles. The maximum atomic E-state index is 12.6. The minimum absolute atomic E-state index is 0.151. The van der Waals surface area contributed by atoms with Crippen molar-refractivity contribution in [2.24, 2.45) is 0 Å². The first-order chi connectivity index (χ1) is 12.4. The number of nitrogens with zero attached hydrogens (tertiary/aromatic N) is 2. The SMILES string of the molecule is COc1cc2c(cc1NC(=O)c1cnc(C(C)(C)C)nc1)CCCCN2. The Kier molecular flexibility index (Phi) is 5.11. The van der Waals surface area contributed by atoms with Gasteiger partial charge in [0.15, 0.2) is 0 Å². The average Bonchev–Trinajstić information content (AvgIpc) is 2.85. The molecule has 1 amide bonds. The van der Waals surface area contributed by atoms with Crippen LogP contribution in [0.4, 0.5) is 11.4 Å². The van der Waals surface area contributed by atoms with Crippen molar-refractivity contribution < 1.29 is 9.53 Å². The van der Waals surface area contributed by atoms with Crippen LogP contribution in [0.5, 0.6) is 5.75 Å². The van der Waals surface area contributed by atoms with E-state index in [1.165, 1.54) is 5.56 Å². The number of rotatable bonds is 3. The van der Waals surface area contributed by atoms with Crippen LogP contribution >= 0.6 is 0 Å². The highest BCUT2D eigenvalue weighted by Crippen LogP contribution is 2.34. The molecule has 1 aromatic carbocycles. The lowest BCUT2D eigenvalue weighted by Gasteiger charge is -2.17. The van der Waals surface area contributed by atoms with E-state index >= 15 is 0 Å². The fourth-order valence-electron chi connectivity index (χ4n) is 2.95. The molecular weight excluding hydrogens is 328 g/mol. The first-order valence-electron chi connectivity index (χ1n) is 8.97. The van der Waals surface area contributed by atoms with Gasteiger partial charge >= 0.3 is 0 Å². The summed E-state index contributed by atoms with van der Waals surface area (Å²) in [6, 6.07) is 3.95. The monoisotopic (exact) mass is 354 g/mol. The van der Waals surface area contributed by atoms with Crippen molar-refractivity contribution in [3.05, 3.63) is 41.5 Å². The average molecular weight is 354 g/mol. The predicted octanol–water partition coefficient (Wildman–Crippen LogP) is 3.78. The minimum atomic E-state index is -0.245. The smallest absolute Gasteiger partial charge is 0.258 e. The van der Waals surface area contributed by atoms with Gasteiger partial charge in [-0.05, 0) is 30.9 Å². The van der Waals surface area contributed by atoms with E-state index in [1.807, 2.05) is 32.9 Å². The molecule has 2 N–H and O–H groups in total. The maximum Gasteiger partial charge on any atom is 0.258 e. The summed E-state index contributed by atoms with van der Waals surface area (Å²) in [4.78, 5) is 21.3. The number of nitrogens with one attached hydrogen (secondary N) is 2. The molecule has 2 aromatic rings. The van der Waals surface area contributed by atoms with Crippen molar-refractivity contribution in [2.45, 2.75) is 45.4 Å². The topological polar surface area (TPSA) is 76.1 Å². The Morgan fingerprint density at radius 2 is 1.92 bits per heavy atom. The zero-order chi connectivity index (χ0) is 18.7. The molecule has 2 heterocycles. The van der Waals surface area contributed by atoms with Crippen molar-refractivity contribution in [3.63, 3.8) is 0 Å². The maximum absolute atomic E-state index is 12.6. The molecule has 0 fully saturated rings. The molecular formula is C20H26N4O2. The summed E-state index contributed by atoms with van der Waals surface area (Å²) < 4.78 is 5.47. The summed E-state index contributed by atoms with van der Waals surface area (Å²) in [5.41, 5.74) is 3.21. The Labute approximate surface area is 154 Å². The number of anilines is 2. The molecule has 1 aliphatic heterocycles. The molecule has 3 rings (SSSR count). The van der Waals surface area contributed by atoms with Crippen LogP contribution < -0.4 is 15.4 Å². The van der Waals surface area contributed by atoms with Crippen LogP contribution in [0.15, 0.2) is 24.5 Å². The second-order valence-corrected chi connectivity index (χ2v) is 7.59. The molecule has 138 valence electrons. The Morgan fingerprint density at radius 1 is 1.19 bits per heavy atom. The number of hydrogen-bond acceptors (Lipinski definition) is 5. The van der Waals surface area contributed by atoms with Crippen molar-refractivity contribution in [3.8, 4) is 5.75 Å². The van der Waals surface area contributed by atoms with Gasteiger partial charge in [-0.1, -0.05) is 20.8 Å². The summed E-state index contributed by atoms with van der Waals surface area (Å²) in [6.45, 7) is 7.07. The van der Waals surface area contributed by atoms with Gasteiger partial charge < -0.3 is 15.4 Å². The third kappa shape index (κ3) is 3.95. The van der Waals surface area contributed by atoms with Gasteiger partial charge in [-0.25, -0.2) is 9.97 Å². The lowest BCUT2D eigenvalue weighted by molar-refractivity contribution is 0.102. The Hall–Kier alpha value is -2.63. The molecule has 1 aromatic heterocycles.